The molecule has 1 aromatic rings. The second-order valence-corrected chi connectivity index (χ2v) is 2.60. The maximum absolute atomic E-state index is 10.4. The van der Waals surface area contributed by atoms with Gasteiger partial charge in [0, 0.05) is 12.4 Å². The highest BCUT2D eigenvalue weighted by Gasteiger charge is 2.23. The third-order valence-corrected chi connectivity index (χ3v) is 1.66. The van der Waals surface area contributed by atoms with E-state index in [4.69, 9.17) is 15.9 Å². The molecule has 0 spiro atoms. The van der Waals surface area contributed by atoms with Gasteiger partial charge in [-0.05, 0) is 11.6 Å². The molecule has 13 heavy (non-hydrogen) atoms. The number of pyridine rings is 1. The van der Waals surface area contributed by atoms with Gasteiger partial charge in [0.2, 0.25) is 0 Å². The second-order valence-electron chi connectivity index (χ2n) is 2.60. The highest BCUT2D eigenvalue weighted by molar-refractivity contribution is 5.73. The number of hydrogen-bond donors (Lipinski definition) is 3. The van der Waals surface area contributed by atoms with Crippen LogP contribution in [0.3, 0.4) is 0 Å². The van der Waals surface area contributed by atoms with Gasteiger partial charge in [0.05, 0.1) is 6.04 Å². The van der Waals surface area contributed by atoms with Crippen molar-refractivity contribution in [1.82, 2.24) is 4.98 Å². The van der Waals surface area contributed by atoms with Crippen LogP contribution in [0.15, 0.2) is 24.5 Å². The SMILES string of the molecule is N[C@@H](c1cccnc1)[C@@H](O)C(=O)O. The average molecular weight is 182 g/mol. The van der Waals surface area contributed by atoms with Crippen LogP contribution in [0.1, 0.15) is 11.6 Å². The van der Waals surface area contributed by atoms with Crippen LogP contribution < -0.4 is 5.73 Å². The number of aliphatic hydroxyl groups is 1. The highest BCUT2D eigenvalue weighted by atomic mass is 16.4. The lowest BCUT2D eigenvalue weighted by Crippen LogP contribution is -2.33. The van der Waals surface area contributed by atoms with E-state index < -0.39 is 18.1 Å². The maximum atomic E-state index is 10.4. The largest absolute Gasteiger partial charge is 0.479 e. The minimum absolute atomic E-state index is 0.498. The lowest BCUT2D eigenvalue weighted by Gasteiger charge is -2.14. The number of nitrogens with two attached hydrogens (primary N) is 1. The molecule has 0 bridgehead atoms. The van der Waals surface area contributed by atoms with Crippen molar-refractivity contribution in [2.45, 2.75) is 12.1 Å². The third kappa shape index (κ3) is 2.24. The average Bonchev–Trinajstić information content (AvgIpc) is 2.17. The summed E-state index contributed by atoms with van der Waals surface area (Å²) in [6, 6.07) is 2.30. The predicted molar refractivity (Wildman–Crippen MR) is 44.8 cm³/mol. The van der Waals surface area contributed by atoms with Gasteiger partial charge >= 0.3 is 5.97 Å². The summed E-state index contributed by atoms with van der Waals surface area (Å²) in [6.07, 6.45) is 1.38. The van der Waals surface area contributed by atoms with Crippen LogP contribution in [0, 0.1) is 0 Å². The number of carbonyl (C=O) groups is 1. The molecule has 1 heterocycles. The van der Waals surface area contributed by atoms with Crippen LogP contribution in [0.25, 0.3) is 0 Å². The Labute approximate surface area is 74.8 Å². The molecule has 0 amide bonds. The van der Waals surface area contributed by atoms with Gasteiger partial charge < -0.3 is 15.9 Å². The monoisotopic (exact) mass is 182 g/mol. The van der Waals surface area contributed by atoms with Gasteiger partial charge in [-0.2, -0.15) is 0 Å². The number of aromatic nitrogens is 1. The Hall–Kier alpha value is -1.46. The molecule has 0 saturated carbocycles. The van der Waals surface area contributed by atoms with E-state index in [1.807, 2.05) is 0 Å². The van der Waals surface area contributed by atoms with Crippen LogP contribution in [-0.2, 0) is 4.79 Å². The number of hydrogen-bond acceptors (Lipinski definition) is 4. The maximum Gasteiger partial charge on any atom is 0.334 e. The quantitative estimate of drug-likeness (QED) is 0.587. The zero-order valence-electron chi connectivity index (χ0n) is 6.79. The Balaban J connectivity index is 2.79. The number of nitrogens with zero attached hydrogens (tertiary/aromatic N) is 1. The summed E-state index contributed by atoms with van der Waals surface area (Å²) in [5, 5.41) is 17.6. The Bertz CT molecular complexity index is 289. The topological polar surface area (TPSA) is 96.4 Å². The minimum Gasteiger partial charge on any atom is -0.479 e. The molecule has 0 fully saturated rings. The van der Waals surface area contributed by atoms with E-state index in [1.54, 1.807) is 18.3 Å². The number of rotatable bonds is 3. The van der Waals surface area contributed by atoms with Crippen molar-refractivity contribution in [2.75, 3.05) is 0 Å². The fraction of sp³-hybridized carbons (Fsp3) is 0.250. The Morgan fingerprint density at radius 1 is 1.62 bits per heavy atom. The Morgan fingerprint density at radius 2 is 2.31 bits per heavy atom. The van der Waals surface area contributed by atoms with Crippen LogP contribution in [0.4, 0.5) is 0 Å². The summed E-state index contributed by atoms with van der Waals surface area (Å²) in [7, 11) is 0. The van der Waals surface area contributed by atoms with Crippen LogP contribution in [-0.4, -0.2) is 27.3 Å². The summed E-state index contributed by atoms with van der Waals surface area (Å²) >= 11 is 0. The van der Waals surface area contributed by atoms with Gasteiger partial charge in [0.1, 0.15) is 0 Å². The molecule has 0 unspecified atom stereocenters. The Kier molecular flexibility index (Phi) is 2.94. The highest BCUT2D eigenvalue weighted by Crippen LogP contribution is 2.12. The van der Waals surface area contributed by atoms with Crippen LogP contribution in [0.2, 0.25) is 0 Å². The first-order valence-corrected chi connectivity index (χ1v) is 3.69. The van der Waals surface area contributed by atoms with E-state index in [9.17, 15) is 4.79 Å². The zero-order chi connectivity index (χ0) is 9.84. The van der Waals surface area contributed by atoms with E-state index in [2.05, 4.69) is 4.98 Å². The van der Waals surface area contributed by atoms with Crippen molar-refractivity contribution in [3.63, 3.8) is 0 Å². The summed E-state index contributed by atoms with van der Waals surface area (Å²) in [6.45, 7) is 0. The van der Waals surface area contributed by atoms with Crippen LogP contribution >= 0.6 is 0 Å². The van der Waals surface area contributed by atoms with Gasteiger partial charge in [-0.25, -0.2) is 4.79 Å². The van der Waals surface area contributed by atoms with E-state index in [1.165, 1.54) is 6.20 Å². The van der Waals surface area contributed by atoms with Crippen molar-refractivity contribution >= 4 is 5.97 Å². The molecule has 5 heteroatoms. The van der Waals surface area contributed by atoms with Crippen molar-refractivity contribution < 1.29 is 15.0 Å². The molecule has 0 radical (unpaired) electrons. The molecule has 4 N–H and O–H groups in total. The van der Waals surface area contributed by atoms with Gasteiger partial charge in [-0.1, -0.05) is 6.07 Å². The van der Waals surface area contributed by atoms with E-state index in [0.29, 0.717) is 5.56 Å². The predicted octanol–water partition coefficient (Wildman–Crippen LogP) is -0.473. The van der Waals surface area contributed by atoms with Crippen molar-refractivity contribution in [3.05, 3.63) is 30.1 Å². The molecular formula is C8H10N2O3. The first-order valence-electron chi connectivity index (χ1n) is 3.69. The molecule has 2 atom stereocenters. The first-order chi connectivity index (χ1) is 6.13. The lowest BCUT2D eigenvalue weighted by molar-refractivity contribution is -0.147. The fourth-order valence-corrected chi connectivity index (χ4v) is 0.909. The van der Waals surface area contributed by atoms with Gasteiger partial charge in [-0.15, -0.1) is 0 Å². The number of aliphatic carboxylic acids is 1. The summed E-state index contributed by atoms with van der Waals surface area (Å²) in [4.78, 5) is 14.1. The minimum atomic E-state index is -1.59. The molecule has 1 rings (SSSR count). The number of aliphatic hydroxyl groups excluding tert-OH is 1. The third-order valence-electron chi connectivity index (χ3n) is 1.66. The molecular weight excluding hydrogens is 172 g/mol. The smallest absolute Gasteiger partial charge is 0.334 e. The first kappa shape index (κ1) is 9.63. The van der Waals surface area contributed by atoms with Gasteiger partial charge in [-0.3, -0.25) is 4.98 Å². The fourth-order valence-electron chi connectivity index (χ4n) is 0.909. The molecule has 0 aliphatic carbocycles. The molecule has 5 nitrogen and oxygen atoms in total. The van der Waals surface area contributed by atoms with Crippen molar-refractivity contribution in [1.29, 1.82) is 0 Å². The molecule has 70 valence electrons. The van der Waals surface area contributed by atoms with Crippen LogP contribution in [0.5, 0.6) is 0 Å². The summed E-state index contributed by atoms with van der Waals surface area (Å²) < 4.78 is 0. The Morgan fingerprint density at radius 3 is 2.77 bits per heavy atom. The second kappa shape index (κ2) is 3.97. The molecule has 1 aromatic heterocycles. The van der Waals surface area contributed by atoms with E-state index >= 15 is 0 Å². The summed E-state index contributed by atoms with van der Waals surface area (Å²) in [5.74, 6) is -1.34. The summed E-state index contributed by atoms with van der Waals surface area (Å²) in [5.41, 5.74) is 5.97. The standard InChI is InChI=1S/C8H10N2O3/c9-6(7(11)8(12)13)5-2-1-3-10-4-5/h1-4,6-7,11H,9H2,(H,12,13)/t6-,7+/m0/s1. The molecule has 0 aliphatic rings. The lowest BCUT2D eigenvalue weighted by atomic mass is 10.1. The van der Waals surface area contributed by atoms with Gasteiger partial charge in [0.25, 0.3) is 0 Å². The van der Waals surface area contributed by atoms with Gasteiger partial charge in [0.15, 0.2) is 6.10 Å². The number of carboxylic acid groups (broad SMARTS) is 1. The molecule has 0 saturated heterocycles. The normalized spacial score (nSPS) is 14.9. The van der Waals surface area contributed by atoms with E-state index in [0.717, 1.165) is 0 Å². The number of carboxylic acids is 1. The van der Waals surface area contributed by atoms with E-state index in [-0.39, 0.29) is 0 Å². The van der Waals surface area contributed by atoms with Crippen molar-refractivity contribution in [2.24, 2.45) is 5.73 Å². The van der Waals surface area contributed by atoms with Crippen molar-refractivity contribution in [3.8, 4) is 0 Å². The molecule has 0 aliphatic heterocycles. The molecule has 0 aromatic carbocycles. The zero-order valence-corrected chi connectivity index (χ0v) is 6.79.